The van der Waals surface area contributed by atoms with Gasteiger partial charge in [0.25, 0.3) is 6.43 Å². The monoisotopic (exact) mass is 321 g/mol. The molecule has 9 heteroatoms. The van der Waals surface area contributed by atoms with Crippen LogP contribution < -0.4 is 0 Å². The van der Waals surface area contributed by atoms with Gasteiger partial charge in [-0.25, -0.2) is 18.3 Å². The van der Waals surface area contributed by atoms with Crippen LogP contribution in [0.5, 0.6) is 0 Å². The highest BCUT2D eigenvalue weighted by Gasteiger charge is 2.26. The third kappa shape index (κ3) is 2.88. The number of nitrogens with zero attached hydrogens (tertiary/aromatic N) is 3. The molecule has 0 aliphatic carbocycles. The maximum Gasteiger partial charge on any atom is 0.358 e. The lowest BCUT2D eigenvalue weighted by atomic mass is 10.2. The predicted molar refractivity (Wildman–Crippen MR) is 67.5 cm³/mol. The quantitative estimate of drug-likeness (QED) is 0.938. The van der Waals surface area contributed by atoms with Gasteiger partial charge in [-0.2, -0.15) is 0 Å². The summed E-state index contributed by atoms with van der Waals surface area (Å²) in [7, 11) is 0. The Labute approximate surface area is 121 Å². The molecule has 0 aliphatic rings. The normalized spacial score (nSPS) is 11.1. The van der Waals surface area contributed by atoms with E-state index in [2.05, 4.69) is 10.3 Å². The third-order valence-electron chi connectivity index (χ3n) is 2.52. The van der Waals surface area contributed by atoms with Crippen molar-refractivity contribution in [3.8, 4) is 0 Å². The minimum atomic E-state index is -3.01. The molecule has 20 heavy (non-hydrogen) atoms. The van der Waals surface area contributed by atoms with Crippen molar-refractivity contribution in [2.24, 2.45) is 0 Å². The SMILES string of the molecule is O=C(O)c1nnn(Cc2ccc(Cl)cc2Cl)c1C(F)F. The van der Waals surface area contributed by atoms with E-state index in [1.807, 2.05) is 0 Å². The van der Waals surface area contributed by atoms with Crippen LogP contribution in [0.25, 0.3) is 0 Å². The van der Waals surface area contributed by atoms with E-state index in [-0.39, 0.29) is 11.6 Å². The number of halogens is 4. The van der Waals surface area contributed by atoms with E-state index in [9.17, 15) is 13.6 Å². The average molecular weight is 322 g/mol. The number of hydrogen-bond donors (Lipinski definition) is 1. The number of carboxylic acids is 1. The molecule has 0 unspecified atom stereocenters. The standard InChI is InChI=1S/C11H7Cl2F2N3O2/c12-6-2-1-5(7(13)3-6)4-18-9(10(14)15)8(11(19)20)16-17-18/h1-3,10H,4H2,(H,19,20). The van der Waals surface area contributed by atoms with E-state index < -0.39 is 23.8 Å². The van der Waals surface area contributed by atoms with Crippen molar-refractivity contribution in [3.05, 3.63) is 45.2 Å². The molecule has 0 spiro atoms. The molecular formula is C11H7Cl2F2N3O2. The van der Waals surface area contributed by atoms with Gasteiger partial charge in [0.2, 0.25) is 0 Å². The van der Waals surface area contributed by atoms with Crippen molar-refractivity contribution < 1.29 is 18.7 Å². The first-order valence-corrected chi connectivity index (χ1v) is 6.04. The van der Waals surface area contributed by atoms with Crippen LogP contribution in [0.2, 0.25) is 10.0 Å². The second-order valence-electron chi connectivity index (χ2n) is 3.82. The number of carboxylic acid groups (broad SMARTS) is 1. The van der Waals surface area contributed by atoms with E-state index >= 15 is 0 Å². The summed E-state index contributed by atoms with van der Waals surface area (Å²) in [5, 5.41) is 16.1. The van der Waals surface area contributed by atoms with Crippen LogP contribution >= 0.6 is 23.2 Å². The molecule has 0 radical (unpaired) electrons. The zero-order chi connectivity index (χ0) is 14.9. The van der Waals surface area contributed by atoms with Gasteiger partial charge in [0.15, 0.2) is 5.69 Å². The Kier molecular flexibility index (Phi) is 4.20. The number of carbonyl (C=O) groups is 1. The largest absolute Gasteiger partial charge is 0.476 e. The van der Waals surface area contributed by atoms with Gasteiger partial charge in [0.1, 0.15) is 5.69 Å². The van der Waals surface area contributed by atoms with Gasteiger partial charge < -0.3 is 5.11 Å². The van der Waals surface area contributed by atoms with Gasteiger partial charge in [-0.15, -0.1) is 5.10 Å². The van der Waals surface area contributed by atoms with Crippen molar-refractivity contribution in [2.75, 3.05) is 0 Å². The van der Waals surface area contributed by atoms with Gasteiger partial charge in [0, 0.05) is 10.0 Å². The molecule has 106 valence electrons. The number of aromatic nitrogens is 3. The summed E-state index contributed by atoms with van der Waals surface area (Å²) in [6.45, 7) is -0.129. The Morgan fingerprint density at radius 2 is 2.10 bits per heavy atom. The summed E-state index contributed by atoms with van der Waals surface area (Å²) in [5.41, 5.74) is -1.06. The fourth-order valence-electron chi connectivity index (χ4n) is 1.62. The van der Waals surface area contributed by atoms with E-state index in [1.54, 1.807) is 12.1 Å². The highest BCUT2D eigenvalue weighted by atomic mass is 35.5. The lowest BCUT2D eigenvalue weighted by Gasteiger charge is -2.08. The molecule has 0 amide bonds. The minimum absolute atomic E-state index is 0.129. The van der Waals surface area contributed by atoms with Gasteiger partial charge in [-0.3, -0.25) is 0 Å². The second-order valence-corrected chi connectivity index (χ2v) is 4.67. The maximum atomic E-state index is 12.9. The topological polar surface area (TPSA) is 68.0 Å². The Balaban J connectivity index is 2.41. The predicted octanol–water partition coefficient (Wildman–Crippen LogP) is 3.27. The molecule has 0 atom stereocenters. The molecule has 1 N–H and O–H groups in total. The van der Waals surface area contributed by atoms with Gasteiger partial charge in [0.05, 0.1) is 6.54 Å². The molecule has 0 saturated carbocycles. The summed E-state index contributed by atoms with van der Waals surface area (Å²) in [4.78, 5) is 10.8. The Morgan fingerprint density at radius 3 is 2.65 bits per heavy atom. The second kappa shape index (κ2) is 5.72. The Morgan fingerprint density at radius 1 is 1.40 bits per heavy atom. The van der Waals surface area contributed by atoms with E-state index in [4.69, 9.17) is 28.3 Å². The molecule has 0 aliphatic heterocycles. The summed E-state index contributed by atoms with van der Waals surface area (Å²) >= 11 is 11.7. The number of aromatic carboxylic acids is 1. The van der Waals surface area contributed by atoms with Crippen molar-refractivity contribution in [1.29, 1.82) is 0 Å². The molecule has 2 rings (SSSR count). The van der Waals surface area contributed by atoms with Crippen molar-refractivity contribution >= 4 is 29.2 Å². The number of rotatable bonds is 4. The third-order valence-corrected chi connectivity index (χ3v) is 3.10. The number of alkyl halides is 2. The lowest BCUT2D eigenvalue weighted by molar-refractivity contribution is 0.0675. The first-order valence-electron chi connectivity index (χ1n) is 5.29. The van der Waals surface area contributed by atoms with E-state index in [1.165, 1.54) is 6.07 Å². The molecular weight excluding hydrogens is 315 g/mol. The maximum absolute atomic E-state index is 12.9. The molecule has 1 aromatic heterocycles. The molecule has 1 aromatic carbocycles. The first-order chi connectivity index (χ1) is 9.40. The van der Waals surface area contributed by atoms with Gasteiger partial charge >= 0.3 is 5.97 Å². The van der Waals surface area contributed by atoms with Crippen molar-refractivity contribution in [3.63, 3.8) is 0 Å². The van der Waals surface area contributed by atoms with Gasteiger partial charge in [-0.1, -0.05) is 34.5 Å². The van der Waals surface area contributed by atoms with Gasteiger partial charge in [-0.05, 0) is 17.7 Å². The average Bonchev–Trinajstić information content (AvgIpc) is 2.76. The molecule has 2 aromatic rings. The van der Waals surface area contributed by atoms with Crippen LogP contribution in [-0.4, -0.2) is 26.1 Å². The first kappa shape index (κ1) is 14.7. The lowest BCUT2D eigenvalue weighted by Crippen LogP contribution is -2.10. The van der Waals surface area contributed by atoms with Crippen LogP contribution in [0.3, 0.4) is 0 Å². The summed E-state index contributed by atoms with van der Waals surface area (Å²) in [6, 6.07) is 4.54. The Hall–Kier alpha value is -1.73. The number of benzene rings is 1. The molecule has 0 fully saturated rings. The fraction of sp³-hybridized carbons (Fsp3) is 0.182. The minimum Gasteiger partial charge on any atom is -0.476 e. The van der Waals surface area contributed by atoms with Crippen molar-refractivity contribution in [2.45, 2.75) is 13.0 Å². The summed E-state index contributed by atoms with van der Waals surface area (Å²) in [6.07, 6.45) is -3.01. The van der Waals surface area contributed by atoms with Crippen LogP contribution in [0.1, 0.15) is 28.2 Å². The molecule has 0 bridgehead atoms. The van der Waals surface area contributed by atoms with Crippen LogP contribution in [-0.2, 0) is 6.54 Å². The fourth-order valence-corrected chi connectivity index (χ4v) is 2.09. The van der Waals surface area contributed by atoms with Crippen LogP contribution in [0.15, 0.2) is 18.2 Å². The molecule has 0 saturated heterocycles. The molecule has 5 nitrogen and oxygen atoms in total. The van der Waals surface area contributed by atoms with E-state index in [0.29, 0.717) is 10.6 Å². The number of hydrogen-bond acceptors (Lipinski definition) is 3. The summed E-state index contributed by atoms with van der Waals surface area (Å²) in [5.74, 6) is -1.56. The zero-order valence-electron chi connectivity index (χ0n) is 9.73. The zero-order valence-corrected chi connectivity index (χ0v) is 11.2. The molecule has 1 heterocycles. The van der Waals surface area contributed by atoms with E-state index in [0.717, 1.165) is 4.68 Å². The van der Waals surface area contributed by atoms with Crippen LogP contribution in [0, 0.1) is 0 Å². The van der Waals surface area contributed by atoms with Crippen molar-refractivity contribution in [1.82, 2.24) is 15.0 Å². The van der Waals surface area contributed by atoms with Crippen LogP contribution in [0.4, 0.5) is 8.78 Å². The smallest absolute Gasteiger partial charge is 0.358 e. The Bertz CT molecular complexity index is 661. The summed E-state index contributed by atoms with van der Waals surface area (Å²) < 4.78 is 26.7. The highest BCUT2D eigenvalue weighted by molar-refractivity contribution is 6.35. The highest BCUT2D eigenvalue weighted by Crippen LogP contribution is 2.25.